The Morgan fingerprint density at radius 3 is 2.00 bits per heavy atom. The van der Waals surface area contributed by atoms with E-state index < -0.39 is 66.2 Å². The molecule has 0 saturated heterocycles. The minimum Gasteiger partial charge on any atom is -0.481 e. The Bertz CT molecular complexity index is 887. The predicted molar refractivity (Wildman–Crippen MR) is 115 cm³/mol. The van der Waals surface area contributed by atoms with E-state index in [9.17, 15) is 33.9 Å². The highest BCUT2D eigenvalue weighted by molar-refractivity contribution is 5.94. The lowest BCUT2D eigenvalue weighted by Gasteiger charge is -2.24. The molecule has 1 aromatic rings. The molecule has 15 heteroatoms. The molecule has 34 heavy (non-hydrogen) atoms. The Kier molecular flexibility index (Phi) is 11.1. The molecule has 0 bridgehead atoms. The SMILES string of the molecule is CC(N)C(=O)NC(CCC(N)=O)C(=O)NC(Cc1cnc[nH]1)C(=O)NC(CCC(=O)O)C(=O)O. The van der Waals surface area contributed by atoms with Gasteiger partial charge in [0.2, 0.25) is 23.6 Å². The van der Waals surface area contributed by atoms with Gasteiger partial charge in [-0.1, -0.05) is 0 Å². The van der Waals surface area contributed by atoms with E-state index in [1.807, 2.05) is 0 Å². The molecule has 0 saturated carbocycles. The molecule has 0 aliphatic heterocycles. The summed E-state index contributed by atoms with van der Waals surface area (Å²) in [5, 5.41) is 25.1. The van der Waals surface area contributed by atoms with Crippen molar-refractivity contribution in [2.24, 2.45) is 11.5 Å². The number of H-pyrrole nitrogens is 1. The zero-order valence-corrected chi connectivity index (χ0v) is 18.4. The molecule has 0 aromatic carbocycles. The van der Waals surface area contributed by atoms with E-state index in [0.717, 1.165) is 0 Å². The standard InChI is InChI=1S/C19H29N7O8/c1-9(20)16(30)24-11(2-4-14(21)27)17(31)26-13(6-10-7-22-8-23-10)18(32)25-12(19(33)34)3-5-15(28)29/h7-9,11-13H,2-6,20H2,1H3,(H2,21,27)(H,22,23)(H,24,30)(H,25,32)(H,26,31)(H,28,29)(H,33,34). The molecule has 0 spiro atoms. The minimum atomic E-state index is -1.52. The molecule has 0 aliphatic carbocycles. The van der Waals surface area contributed by atoms with E-state index in [1.54, 1.807) is 0 Å². The summed E-state index contributed by atoms with van der Waals surface area (Å²) < 4.78 is 0. The summed E-state index contributed by atoms with van der Waals surface area (Å²) in [4.78, 5) is 77.6. The Balaban J connectivity index is 3.05. The lowest BCUT2D eigenvalue weighted by atomic mass is 10.1. The van der Waals surface area contributed by atoms with Gasteiger partial charge in [0, 0.05) is 31.2 Å². The number of aromatic nitrogens is 2. The maximum Gasteiger partial charge on any atom is 0.326 e. The van der Waals surface area contributed by atoms with Crippen LogP contribution in [0.1, 0.15) is 38.3 Å². The summed E-state index contributed by atoms with van der Waals surface area (Å²) in [5.41, 5.74) is 11.1. The van der Waals surface area contributed by atoms with Crippen LogP contribution >= 0.6 is 0 Å². The number of carbonyl (C=O) groups excluding carboxylic acids is 4. The molecule has 4 amide bonds. The molecule has 0 aliphatic rings. The van der Waals surface area contributed by atoms with Gasteiger partial charge in [0.05, 0.1) is 12.4 Å². The second-order valence-electron chi connectivity index (χ2n) is 7.53. The second-order valence-corrected chi connectivity index (χ2v) is 7.53. The first-order chi connectivity index (χ1) is 15.9. The Morgan fingerprint density at radius 1 is 0.941 bits per heavy atom. The fourth-order valence-electron chi connectivity index (χ4n) is 2.75. The third-order valence-corrected chi connectivity index (χ3v) is 4.60. The number of hydrogen-bond donors (Lipinski definition) is 8. The first kappa shape index (κ1) is 28.0. The van der Waals surface area contributed by atoms with Crippen LogP contribution in [0.25, 0.3) is 0 Å². The molecule has 15 nitrogen and oxygen atoms in total. The highest BCUT2D eigenvalue weighted by atomic mass is 16.4. The van der Waals surface area contributed by atoms with Crippen LogP contribution in [0.3, 0.4) is 0 Å². The number of amides is 4. The van der Waals surface area contributed by atoms with Crippen molar-refractivity contribution in [2.45, 2.75) is 63.2 Å². The summed E-state index contributed by atoms with van der Waals surface area (Å²) in [6, 6.07) is -5.07. The molecule has 1 rings (SSSR count). The summed E-state index contributed by atoms with van der Waals surface area (Å²) in [6.45, 7) is 1.38. The topological polar surface area (TPSA) is 260 Å². The van der Waals surface area contributed by atoms with E-state index in [4.69, 9.17) is 16.6 Å². The van der Waals surface area contributed by atoms with E-state index in [2.05, 4.69) is 25.9 Å². The van der Waals surface area contributed by atoms with Crippen LogP contribution in [0.4, 0.5) is 0 Å². The van der Waals surface area contributed by atoms with E-state index in [-0.39, 0.29) is 25.7 Å². The molecule has 4 unspecified atom stereocenters. The number of carboxylic acid groups (broad SMARTS) is 2. The quantitative estimate of drug-likeness (QED) is 0.125. The fourth-order valence-corrected chi connectivity index (χ4v) is 2.75. The van der Waals surface area contributed by atoms with Crippen LogP contribution in [0.5, 0.6) is 0 Å². The smallest absolute Gasteiger partial charge is 0.326 e. The molecular weight excluding hydrogens is 454 g/mol. The van der Waals surface area contributed by atoms with E-state index >= 15 is 0 Å². The first-order valence-corrected chi connectivity index (χ1v) is 10.3. The van der Waals surface area contributed by atoms with Gasteiger partial charge in [0.15, 0.2) is 0 Å². The number of rotatable bonds is 15. The number of primary amides is 1. The highest BCUT2D eigenvalue weighted by Gasteiger charge is 2.30. The third-order valence-electron chi connectivity index (χ3n) is 4.60. The summed E-state index contributed by atoms with van der Waals surface area (Å²) in [5.74, 6) is -5.85. The van der Waals surface area contributed by atoms with Crippen LogP contribution in [-0.2, 0) is 35.2 Å². The van der Waals surface area contributed by atoms with Gasteiger partial charge >= 0.3 is 11.9 Å². The molecule has 10 N–H and O–H groups in total. The molecule has 0 fully saturated rings. The van der Waals surface area contributed by atoms with Crippen molar-refractivity contribution < 1.29 is 39.0 Å². The van der Waals surface area contributed by atoms with Crippen molar-refractivity contribution in [3.63, 3.8) is 0 Å². The van der Waals surface area contributed by atoms with Gasteiger partial charge in [-0.15, -0.1) is 0 Å². The molecule has 1 aromatic heterocycles. The summed E-state index contributed by atoms with van der Waals surface area (Å²) >= 11 is 0. The Hall–Kier alpha value is -4.01. The lowest BCUT2D eigenvalue weighted by molar-refractivity contribution is -0.143. The Labute approximate surface area is 194 Å². The van der Waals surface area contributed by atoms with E-state index in [1.165, 1.54) is 19.4 Å². The number of nitrogens with zero attached hydrogens (tertiary/aromatic N) is 1. The van der Waals surface area contributed by atoms with E-state index in [0.29, 0.717) is 5.69 Å². The van der Waals surface area contributed by atoms with Gasteiger partial charge in [0.1, 0.15) is 18.1 Å². The van der Waals surface area contributed by atoms with Crippen molar-refractivity contribution >= 4 is 35.6 Å². The largest absolute Gasteiger partial charge is 0.481 e. The summed E-state index contributed by atoms with van der Waals surface area (Å²) in [6.07, 6.45) is 1.28. The average molecular weight is 483 g/mol. The van der Waals surface area contributed by atoms with Crippen LogP contribution in [-0.4, -0.2) is 79.9 Å². The van der Waals surface area contributed by atoms with Crippen molar-refractivity contribution in [2.75, 3.05) is 0 Å². The number of nitrogens with two attached hydrogens (primary N) is 2. The third kappa shape index (κ3) is 10.1. The zero-order valence-electron chi connectivity index (χ0n) is 18.4. The van der Waals surface area contributed by atoms with Crippen LogP contribution < -0.4 is 27.4 Å². The number of carboxylic acids is 2. The fraction of sp³-hybridized carbons (Fsp3) is 0.526. The number of aromatic amines is 1. The highest BCUT2D eigenvalue weighted by Crippen LogP contribution is 2.05. The average Bonchev–Trinajstić information content (AvgIpc) is 3.25. The van der Waals surface area contributed by atoms with Gasteiger partial charge in [-0.25, -0.2) is 9.78 Å². The number of hydrogen-bond acceptors (Lipinski definition) is 8. The van der Waals surface area contributed by atoms with Crippen LogP contribution in [0.15, 0.2) is 12.5 Å². The number of imidazole rings is 1. The predicted octanol–water partition coefficient (Wildman–Crippen LogP) is -3.03. The van der Waals surface area contributed by atoms with Crippen molar-refractivity contribution in [3.8, 4) is 0 Å². The van der Waals surface area contributed by atoms with Gasteiger partial charge < -0.3 is 42.6 Å². The molecular formula is C19H29N7O8. The van der Waals surface area contributed by atoms with Crippen molar-refractivity contribution in [3.05, 3.63) is 18.2 Å². The molecule has 188 valence electrons. The monoisotopic (exact) mass is 483 g/mol. The van der Waals surface area contributed by atoms with Crippen molar-refractivity contribution in [1.29, 1.82) is 0 Å². The van der Waals surface area contributed by atoms with Gasteiger partial charge in [-0.3, -0.25) is 24.0 Å². The normalized spacial score (nSPS) is 14.2. The maximum absolute atomic E-state index is 12.9. The minimum absolute atomic E-state index is 0.132. The van der Waals surface area contributed by atoms with Gasteiger partial charge in [-0.05, 0) is 19.8 Å². The van der Waals surface area contributed by atoms with Gasteiger partial charge in [0.25, 0.3) is 0 Å². The number of carbonyl (C=O) groups is 6. The maximum atomic E-state index is 12.9. The molecule has 1 heterocycles. The number of aliphatic carboxylic acids is 2. The number of nitrogens with one attached hydrogen (secondary N) is 4. The molecule has 4 atom stereocenters. The van der Waals surface area contributed by atoms with Crippen LogP contribution in [0.2, 0.25) is 0 Å². The Morgan fingerprint density at radius 2 is 1.50 bits per heavy atom. The lowest BCUT2D eigenvalue weighted by Crippen LogP contribution is -2.57. The molecule has 0 radical (unpaired) electrons. The van der Waals surface area contributed by atoms with Crippen LogP contribution in [0, 0.1) is 0 Å². The zero-order chi connectivity index (χ0) is 25.8. The van der Waals surface area contributed by atoms with Gasteiger partial charge in [-0.2, -0.15) is 0 Å². The first-order valence-electron chi connectivity index (χ1n) is 10.3. The second kappa shape index (κ2) is 13.5. The summed E-state index contributed by atoms with van der Waals surface area (Å²) in [7, 11) is 0. The van der Waals surface area contributed by atoms with Crippen molar-refractivity contribution in [1.82, 2.24) is 25.9 Å².